The molecule has 0 radical (unpaired) electrons. The van der Waals surface area contributed by atoms with Crippen molar-refractivity contribution in [2.75, 3.05) is 26.2 Å². The standard InChI is InChI=1S/C16H27N3O3/c20-14(8-9-17-16(22)13-6-2-3-7-13)18-12-15(21)19-10-4-1-5-11-19/h13H,1-12H2,(H,17,22)(H,18,20). The van der Waals surface area contributed by atoms with Crippen molar-refractivity contribution >= 4 is 17.7 Å². The molecule has 0 unspecified atom stereocenters. The van der Waals surface area contributed by atoms with Crippen molar-refractivity contribution in [2.45, 2.75) is 51.4 Å². The zero-order valence-electron chi connectivity index (χ0n) is 13.2. The summed E-state index contributed by atoms with van der Waals surface area (Å²) >= 11 is 0. The quantitative estimate of drug-likeness (QED) is 0.762. The van der Waals surface area contributed by atoms with Gasteiger partial charge in [0.05, 0.1) is 6.54 Å². The molecule has 1 aliphatic carbocycles. The van der Waals surface area contributed by atoms with E-state index in [1.165, 1.54) is 6.42 Å². The number of hydrogen-bond acceptors (Lipinski definition) is 3. The van der Waals surface area contributed by atoms with Crippen molar-refractivity contribution in [1.82, 2.24) is 15.5 Å². The number of nitrogens with one attached hydrogen (secondary N) is 2. The average molecular weight is 309 g/mol. The lowest BCUT2D eigenvalue weighted by molar-refractivity contribution is -0.133. The Morgan fingerprint density at radius 3 is 2.27 bits per heavy atom. The first-order valence-corrected chi connectivity index (χ1v) is 8.49. The second kappa shape index (κ2) is 8.76. The molecule has 2 N–H and O–H groups in total. The Labute approximate surface area is 132 Å². The second-order valence-corrected chi connectivity index (χ2v) is 6.24. The lowest BCUT2D eigenvalue weighted by atomic mass is 10.1. The van der Waals surface area contributed by atoms with Crippen LogP contribution in [0.3, 0.4) is 0 Å². The van der Waals surface area contributed by atoms with E-state index in [-0.39, 0.29) is 36.6 Å². The van der Waals surface area contributed by atoms with Gasteiger partial charge < -0.3 is 15.5 Å². The number of amides is 3. The highest BCUT2D eigenvalue weighted by atomic mass is 16.2. The topological polar surface area (TPSA) is 78.5 Å². The minimum absolute atomic E-state index is 0.0111. The first-order chi connectivity index (χ1) is 10.7. The molecule has 0 aromatic carbocycles. The van der Waals surface area contributed by atoms with Gasteiger partial charge in [-0.1, -0.05) is 12.8 Å². The van der Waals surface area contributed by atoms with E-state index in [0.29, 0.717) is 6.54 Å². The fourth-order valence-corrected chi connectivity index (χ4v) is 3.15. The van der Waals surface area contributed by atoms with Gasteiger partial charge in [-0.3, -0.25) is 14.4 Å². The SMILES string of the molecule is O=C(CCNC(=O)C1CCCC1)NCC(=O)N1CCCCC1. The highest BCUT2D eigenvalue weighted by molar-refractivity contribution is 5.85. The summed E-state index contributed by atoms with van der Waals surface area (Å²) in [7, 11) is 0. The van der Waals surface area contributed by atoms with Crippen LogP contribution >= 0.6 is 0 Å². The third-order valence-electron chi connectivity index (χ3n) is 4.52. The smallest absolute Gasteiger partial charge is 0.241 e. The monoisotopic (exact) mass is 309 g/mol. The normalized spacial score (nSPS) is 19.0. The highest BCUT2D eigenvalue weighted by Crippen LogP contribution is 2.24. The number of carbonyl (C=O) groups excluding carboxylic acids is 3. The predicted molar refractivity (Wildman–Crippen MR) is 83.0 cm³/mol. The molecule has 0 aromatic rings. The van der Waals surface area contributed by atoms with Gasteiger partial charge in [0.2, 0.25) is 17.7 Å². The Kier molecular flexibility index (Phi) is 6.68. The fourth-order valence-electron chi connectivity index (χ4n) is 3.15. The van der Waals surface area contributed by atoms with Gasteiger partial charge in [0.25, 0.3) is 0 Å². The van der Waals surface area contributed by atoms with Crippen LogP contribution in [-0.4, -0.2) is 48.8 Å². The largest absolute Gasteiger partial charge is 0.355 e. The summed E-state index contributed by atoms with van der Waals surface area (Å²) in [5.41, 5.74) is 0. The number of carbonyl (C=O) groups is 3. The zero-order valence-corrected chi connectivity index (χ0v) is 13.2. The van der Waals surface area contributed by atoms with Gasteiger partial charge in [0.1, 0.15) is 0 Å². The van der Waals surface area contributed by atoms with Gasteiger partial charge in [0.15, 0.2) is 0 Å². The maximum Gasteiger partial charge on any atom is 0.241 e. The number of likely N-dealkylation sites (tertiary alicyclic amines) is 1. The van der Waals surface area contributed by atoms with E-state index in [2.05, 4.69) is 10.6 Å². The maximum absolute atomic E-state index is 11.9. The van der Waals surface area contributed by atoms with Gasteiger partial charge in [-0.2, -0.15) is 0 Å². The second-order valence-electron chi connectivity index (χ2n) is 6.24. The van der Waals surface area contributed by atoms with Crippen LogP contribution in [0.5, 0.6) is 0 Å². The van der Waals surface area contributed by atoms with Crippen LogP contribution in [0, 0.1) is 5.92 Å². The van der Waals surface area contributed by atoms with Crippen molar-refractivity contribution in [3.8, 4) is 0 Å². The van der Waals surface area contributed by atoms with E-state index in [9.17, 15) is 14.4 Å². The molecule has 1 heterocycles. The van der Waals surface area contributed by atoms with Crippen molar-refractivity contribution in [2.24, 2.45) is 5.92 Å². The van der Waals surface area contributed by atoms with Crippen LogP contribution in [0.1, 0.15) is 51.4 Å². The minimum Gasteiger partial charge on any atom is -0.355 e. The molecule has 0 bridgehead atoms. The first-order valence-electron chi connectivity index (χ1n) is 8.49. The zero-order chi connectivity index (χ0) is 15.8. The van der Waals surface area contributed by atoms with Gasteiger partial charge >= 0.3 is 0 Å². The Hall–Kier alpha value is -1.59. The molecule has 2 fully saturated rings. The lowest BCUT2D eigenvalue weighted by Gasteiger charge is -2.26. The third-order valence-corrected chi connectivity index (χ3v) is 4.52. The number of hydrogen-bond donors (Lipinski definition) is 2. The first kappa shape index (κ1) is 16.8. The molecule has 1 aliphatic heterocycles. The average Bonchev–Trinajstić information content (AvgIpc) is 3.08. The van der Waals surface area contributed by atoms with Gasteiger partial charge in [0, 0.05) is 32.0 Å². The van der Waals surface area contributed by atoms with Gasteiger partial charge in [-0.25, -0.2) is 0 Å². The summed E-state index contributed by atoms with van der Waals surface area (Å²) in [6, 6.07) is 0. The molecular formula is C16H27N3O3. The van der Waals surface area contributed by atoms with Crippen LogP contribution in [0.2, 0.25) is 0 Å². The molecule has 0 aromatic heterocycles. The fraction of sp³-hybridized carbons (Fsp3) is 0.812. The van der Waals surface area contributed by atoms with E-state index >= 15 is 0 Å². The lowest BCUT2D eigenvalue weighted by Crippen LogP contribution is -2.43. The van der Waals surface area contributed by atoms with E-state index < -0.39 is 0 Å². The van der Waals surface area contributed by atoms with Gasteiger partial charge in [-0.05, 0) is 32.1 Å². The van der Waals surface area contributed by atoms with Crippen molar-refractivity contribution in [3.05, 3.63) is 0 Å². The Balaban J connectivity index is 1.55. The highest BCUT2D eigenvalue weighted by Gasteiger charge is 2.22. The molecule has 6 nitrogen and oxygen atoms in total. The molecule has 1 saturated heterocycles. The van der Waals surface area contributed by atoms with Crippen molar-refractivity contribution in [3.63, 3.8) is 0 Å². The maximum atomic E-state index is 11.9. The molecule has 1 saturated carbocycles. The van der Waals surface area contributed by atoms with Crippen molar-refractivity contribution in [1.29, 1.82) is 0 Å². The van der Waals surface area contributed by atoms with Crippen LogP contribution in [0.4, 0.5) is 0 Å². The van der Waals surface area contributed by atoms with Gasteiger partial charge in [-0.15, -0.1) is 0 Å². The number of rotatable bonds is 6. The minimum atomic E-state index is -0.183. The number of nitrogens with zero attached hydrogens (tertiary/aromatic N) is 1. The predicted octanol–water partition coefficient (Wildman–Crippen LogP) is 0.812. The molecule has 3 amide bonds. The molecule has 22 heavy (non-hydrogen) atoms. The molecule has 0 spiro atoms. The molecular weight excluding hydrogens is 282 g/mol. The van der Waals surface area contributed by atoms with Crippen LogP contribution in [0.15, 0.2) is 0 Å². The Morgan fingerprint density at radius 2 is 1.59 bits per heavy atom. The molecule has 0 atom stereocenters. The summed E-state index contributed by atoms with van der Waals surface area (Å²) in [6.07, 6.45) is 7.67. The molecule has 6 heteroatoms. The van der Waals surface area contributed by atoms with E-state index in [1.807, 2.05) is 4.90 Å². The number of piperidine rings is 1. The molecule has 2 aliphatic rings. The summed E-state index contributed by atoms with van der Waals surface area (Å²) in [5, 5.41) is 5.45. The summed E-state index contributed by atoms with van der Waals surface area (Å²) in [6.45, 7) is 2.01. The van der Waals surface area contributed by atoms with Crippen LogP contribution < -0.4 is 10.6 Å². The Bertz CT molecular complexity index is 399. The third kappa shape index (κ3) is 5.31. The summed E-state index contributed by atoms with van der Waals surface area (Å²) < 4.78 is 0. The molecule has 2 rings (SSSR count). The molecule has 124 valence electrons. The summed E-state index contributed by atoms with van der Waals surface area (Å²) in [5.74, 6) is -0.00134. The Morgan fingerprint density at radius 1 is 0.909 bits per heavy atom. The van der Waals surface area contributed by atoms with Crippen LogP contribution in [0.25, 0.3) is 0 Å². The van der Waals surface area contributed by atoms with E-state index in [0.717, 1.165) is 51.6 Å². The van der Waals surface area contributed by atoms with Crippen molar-refractivity contribution < 1.29 is 14.4 Å². The summed E-state index contributed by atoms with van der Waals surface area (Å²) in [4.78, 5) is 37.2. The van der Waals surface area contributed by atoms with E-state index in [1.54, 1.807) is 0 Å². The van der Waals surface area contributed by atoms with E-state index in [4.69, 9.17) is 0 Å². The van der Waals surface area contributed by atoms with Crippen LogP contribution in [-0.2, 0) is 14.4 Å².